The van der Waals surface area contributed by atoms with Crippen LogP contribution in [-0.2, 0) is 22.8 Å². The second kappa shape index (κ2) is 13.7. The van der Waals surface area contributed by atoms with E-state index in [1.165, 1.54) is 11.8 Å². The molecule has 0 saturated heterocycles. The molecule has 0 aromatic rings. The Hall–Kier alpha value is 0.0769. The molecule has 0 aliphatic carbocycles. The van der Waals surface area contributed by atoms with Crippen LogP contribution in [0.5, 0.6) is 0 Å². The Bertz CT molecular complexity index is 249. The first-order valence-electron chi connectivity index (χ1n) is 7.79. The van der Waals surface area contributed by atoms with Gasteiger partial charge in [-0.15, -0.1) is 0 Å². The number of rotatable bonds is 14. The summed E-state index contributed by atoms with van der Waals surface area (Å²) in [5.41, 5.74) is 0. The quantitative estimate of drug-likeness (QED) is 0.358. The molecule has 0 aliphatic heterocycles. The second-order valence-electron chi connectivity index (χ2n) is 4.36. The molecule has 0 aromatic carbocycles. The van der Waals surface area contributed by atoms with Gasteiger partial charge < -0.3 is 18.0 Å². The molecule has 0 saturated carbocycles. The maximum Gasteiger partial charge on any atom is 0.500 e. The molecule has 7 heteroatoms. The zero-order valence-electron chi connectivity index (χ0n) is 13.8. The minimum atomic E-state index is -2.55. The molecule has 0 radical (unpaired) electrons. The highest BCUT2D eigenvalue weighted by Gasteiger charge is 2.39. The first-order chi connectivity index (χ1) is 10.1. The minimum Gasteiger partial charge on any atom is -0.374 e. The Morgan fingerprint density at radius 2 is 1.57 bits per heavy atom. The number of hydrogen-bond acceptors (Lipinski definition) is 6. The fraction of sp³-hybridized carbons (Fsp3) is 0.929. The standard InChI is InChI=1S/C14H30O5SSi/c1-5-10-16-13-14(15)20-11-9-12-21(17-6-2,18-7-3)19-8-4/h5-13H2,1-4H3. The molecule has 21 heavy (non-hydrogen) atoms. The highest BCUT2D eigenvalue weighted by molar-refractivity contribution is 8.13. The molecule has 0 aromatic heterocycles. The second-order valence-corrected chi connectivity index (χ2v) is 8.24. The maximum atomic E-state index is 11.6. The molecule has 0 fully saturated rings. The summed E-state index contributed by atoms with van der Waals surface area (Å²) in [5, 5.41) is 0.0833. The van der Waals surface area contributed by atoms with Crippen LogP contribution in [0, 0.1) is 0 Å². The van der Waals surface area contributed by atoms with E-state index in [4.69, 9.17) is 18.0 Å². The number of thioether (sulfide) groups is 1. The monoisotopic (exact) mass is 338 g/mol. The number of ether oxygens (including phenoxy) is 1. The summed E-state index contributed by atoms with van der Waals surface area (Å²) in [6.45, 7) is 10.5. The third kappa shape index (κ3) is 10.4. The van der Waals surface area contributed by atoms with Crippen LogP contribution in [0.4, 0.5) is 0 Å². The van der Waals surface area contributed by atoms with Crippen LogP contribution in [0.1, 0.15) is 40.5 Å². The highest BCUT2D eigenvalue weighted by atomic mass is 32.2. The van der Waals surface area contributed by atoms with Crippen LogP contribution in [0.2, 0.25) is 6.04 Å². The molecule has 0 heterocycles. The highest BCUT2D eigenvalue weighted by Crippen LogP contribution is 2.20. The predicted molar refractivity (Wildman–Crippen MR) is 88.6 cm³/mol. The van der Waals surface area contributed by atoms with Crippen molar-refractivity contribution in [2.45, 2.75) is 46.6 Å². The lowest BCUT2D eigenvalue weighted by molar-refractivity contribution is -0.115. The summed E-state index contributed by atoms with van der Waals surface area (Å²) in [4.78, 5) is 11.6. The van der Waals surface area contributed by atoms with E-state index >= 15 is 0 Å². The fourth-order valence-corrected chi connectivity index (χ4v) is 5.37. The molecule has 0 atom stereocenters. The van der Waals surface area contributed by atoms with Crippen LogP contribution >= 0.6 is 11.8 Å². The van der Waals surface area contributed by atoms with E-state index in [1.54, 1.807) is 0 Å². The van der Waals surface area contributed by atoms with Crippen molar-refractivity contribution in [1.82, 2.24) is 0 Å². The van der Waals surface area contributed by atoms with Crippen molar-refractivity contribution in [2.24, 2.45) is 0 Å². The van der Waals surface area contributed by atoms with Gasteiger partial charge in [-0.3, -0.25) is 4.79 Å². The zero-order valence-corrected chi connectivity index (χ0v) is 15.6. The normalized spacial score (nSPS) is 11.8. The van der Waals surface area contributed by atoms with E-state index in [0.717, 1.165) is 24.6 Å². The van der Waals surface area contributed by atoms with Crippen molar-refractivity contribution >= 4 is 25.7 Å². The van der Waals surface area contributed by atoms with Crippen LogP contribution < -0.4 is 0 Å². The number of carbonyl (C=O) groups excluding carboxylic acids is 1. The Kier molecular flexibility index (Phi) is 13.8. The van der Waals surface area contributed by atoms with Gasteiger partial charge in [-0.2, -0.15) is 0 Å². The SMILES string of the molecule is CCCOCC(=O)SCCC[Si](OCC)(OCC)OCC. The Morgan fingerprint density at radius 1 is 1.00 bits per heavy atom. The van der Waals surface area contributed by atoms with Crippen molar-refractivity contribution < 1.29 is 22.8 Å². The van der Waals surface area contributed by atoms with Crippen molar-refractivity contribution in [1.29, 1.82) is 0 Å². The van der Waals surface area contributed by atoms with Crippen LogP contribution in [0.3, 0.4) is 0 Å². The molecule has 0 aliphatic rings. The van der Waals surface area contributed by atoms with Crippen molar-refractivity contribution in [3.8, 4) is 0 Å². The molecule has 0 unspecified atom stereocenters. The van der Waals surface area contributed by atoms with Crippen molar-refractivity contribution in [3.63, 3.8) is 0 Å². The lowest BCUT2D eigenvalue weighted by atomic mass is 10.5. The van der Waals surface area contributed by atoms with Gasteiger partial charge in [0.2, 0.25) is 5.12 Å². The zero-order chi connectivity index (χ0) is 16.0. The third-order valence-corrected chi connectivity index (χ3v) is 6.64. The van der Waals surface area contributed by atoms with Crippen LogP contribution in [-0.4, -0.2) is 52.7 Å². The first-order valence-corrected chi connectivity index (χ1v) is 10.7. The summed E-state index contributed by atoms with van der Waals surface area (Å²) < 4.78 is 22.5. The Morgan fingerprint density at radius 3 is 2.05 bits per heavy atom. The molecule has 126 valence electrons. The molecular weight excluding hydrogens is 308 g/mol. The van der Waals surface area contributed by atoms with Gasteiger partial charge in [0.1, 0.15) is 6.61 Å². The maximum absolute atomic E-state index is 11.6. The van der Waals surface area contributed by atoms with Gasteiger partial charge in [0, 0.05) is 38.2 Å². The first kappa shape index (κ1) is 21.1. The van der Waals surface area contributed by atoms with E-state index in [0.29, 0.717) is 26.4 Å². The Balaban J connectivity index is 4.03. The third-order valence-electron chi connectivity index (χ3n) is 2.55. The average Bonchev–Trinajstić information content (AvgIpc) is 2.45. The van der Waals surface area contributed by atoms with Gasteiger partial charge in [0.25, 0.3) is 0 Å². The molecule has 0 N–H and O–H groups in total. The Labute approximate surface area is 134 Å². The van der Waals surface area contributed by atoms with E-state index < -0.39 is 8.80 Å². The summed E-state index contributed by atoms with van der Waals surface area (Å²) in [5.74, 6) is 0.746. The van der Waals surface area contributed by atoms with Crippen LogP contribution in [0.25, 0.3) is 0 Å². The lowest BCUT2D eigenvalue weighted by Gasteiger charge is -2.28. The van der Waals surface area contributed by atoms with Crippen LogP contribution in [0.15, 0.2) is 0 Å². The van der Waals surface area contributed by atoms with Crippen molar-refractivity contribution in [2.75, 3.05) is 38.8 Å². The van der Waals surface area contributed by atoms with Gasteiger partial charge in [-0.05, 0) is 33.6 Å². The topological polar surface area (TPSA) is 54.0 Å². The lowest BCUT2D eigenvalue weighted by Crippen LogP contribution is -2.46. The van der Waals surface area contributed by atoms with Gasteiger partial charge >= 0.3 is 8.80 Å². The summed E-state index contributed by atoms with van der Waals surface area (Å²) in [7, 11) is -2.55. The minimum absolute atomic E-state index is 0.0833. The molecule has 0 bridgehead atoms. The fourth-order valence-electron chi connectivity index (χ4n) is 1.82. The number of carbonyl (C=O) groups is 1. The predicted octanol–water partition coefficient (Wildman–Crippen LogP) is 3.11. The molecule has 0 amide bonds. The summed E-state index contributed by atoms with van der Waals surface area (Å²) >= 11 is 1.31. The molecule has 5 nitrogen and oxygen atoms in total. The smallest absolute Gasteiger partial charge is 0.374 e. The van der Waals surface area contributed by atoms with E-state index in [-0.39, 0.29) is 11.7 Å². The number of hydrogen-bond donors (Lipinski definition) is 0. The summed E-state index contributed by atoms with van der Waals surface area (Å²) in [6.07, 6.45) is 1.78. The van der Waals surface area contributed by atoms with Gasteiger partial charge in [-0.25, -0.2) is 0 Å². The molecule has 0 spiro atoms. The summed E-state index contributed by atoms with van der Waals surface area (Å²) in [6, 6.07) is 0.749. The molecule has 0 rings (SSSR count). The van der Waals surface area contributed by atoms with Gasteiger partial charge in [-0.1, -0.05) is 18.7 Å². The van der Waals surface area contributed by atoms with E-state index in [1.807, 2.05) is 27.7 Å². The average molecular weight is 339 g/mol. The van der Waals surface area contributed by atoms with Crippen molar-refractivity contribution in [3.05, 3.63) is 0 Å². The largest absolute Gasteiger partial charge is 0.500 e. The van der Waals surface area contributed by atoms with Gasteiger partial charge in [0.15, 0.2) is 0 Å². The van der Waals surface area contributed by atoms with E-state index in [9.17, 15) is 4.79 Å². The molecular formula is C14H30O5SSi. The van der Waals surface area contributed by atoms with E-state index in [2.05, 4.69) is 0 Å². The van der Waals surface area contributed by atoms with Gasteiger partial charge in [0.05, 0.1) is 0 Å².